The number of carbonyl (C=O) groups excluding carboxylic acids is 1. The van der Waals surface area contributed by atoms with Crippen LogP contribution in [0.1, 0.15) is 27.0 Å². The molecule has 1 nitrogen and oxygen atoms in total. The molecule has 0 N–H and O–H groups in total. The highest BCUT2D eigenvalue weighted by Crippen LogP contribution is 2.25. The first kappa shape index (κ1) is 14.0. The van der Waals surface area contributed by atoms with Gasteiger partial charge in [-0.15, -0.1) is 0 Å². The molecule has 0 saturated carbocycles. The number of aryl methyl sites for hydroxylation is 2. The summed E-state index contributed by atoms with van der Waals surface area (Å²) in [5.74, 6) is -0.701. The minimum absolute atomic E-state index is 0.108. The van der Waals surface area contributed by atoms with E-state index < -0.39 is 5.82 Å². The minimum Gasteiger partial charge on any atom is -0.289 e. The highest BCUT2D eigenvalue weighted by molar-refractivity contribution is 6.35. The molecule has 0 aliphatic heterocycles. The van der Waals surface area contributed by atoms with Gasteiger partial charge in [0.25, 0.3) is 0 Å². The first-order valence-corrected chi connectivity index (χ1v) is 6.42. The van der Waals surface area contributed by atoms with Crippen LogP contribution in [0.25, 0.3) is 0 Å². The molecular formula is C15H11Cl2FO. The fourth-order valence-electron chi connectivity index (χ4n) is 1.84. The van der Waals surface area contributed by atoms with E-state index >= 15 is 0 Å². The Morgan fingerprint density at radius 2 is 1.63 bits per heavy atom. The summed E-state index contributed by atoms with van der Waals surface area (Å²) in [5.41, 5.74) is 2.39. The van der Waals surface area contributed by atoms with Crippen LogP contribution in [0.4, 0.5) is 4.39 Å². The van der Waals surface area contributed by atoms with E-state index in [1.807, 2.05) is 6.92 Å². The fraction of sp³-hybridized carbons (Fsp3) is 0.133. The van der Waals surface area contributed by atoms with Crippen LogP contribution in [-0.2, 0) is 0 Å². The first-order valence-electron chi connectivity index (χ1n) is 5.66. The van der Waals surface area contributed by atoms with E-state index in [4.69, 9.17) is 23.2 Å². The Morgan fingerprint density at radius 1 is 0.947 bits per heavy atom. The molecule has 0 heterocycles. The van der Waals surface area contributed by atoms with Crippen LogP contribution in [0.3, 0.4) is 0 Å². The summed E-state index contributed by atoms with van der Waals surface area (Å²) in [7, 11) is 0. The van der Waals surface area contributed by atoms with Crippen molar-refractivity contribution in [3.05, 3.63) is 68.4 Å². The molecule has 2 rings (SSSR count). The molecule has 0 atom stereocenters. The quantitative estimate of drug-likeness (QED) is 0.714. The van der Waals surface area contributed by atoms with E-state index in [1.165, 1.54) is 12.1 Å². The summed E-state index contributed by atoms with van der Waals surface area (Å²) < 4.78 is 13.0. The highest BCUT2D eigenvalue weighted by atomic mass is 35.5. The topological polar surface area (TPSA) is 17.1 Å². The molecule has 4 heteroatoms. The maximum atomic E-state index is 13.0. The van der Waals surface area contributed by atoms with E-state index in [0.717, 1.165) is 17.2 Å². The van der Waals surface area contributed by atoms with Crippen molar-refractivity contribution in [3.63, 3.8) is 0 Å². The lowest BCUT2D eigenvalue weighted by atomic mass is 9.97. The second kappa shape index (κ2) is 5.32. The van der Waals surface area contributed by atoms with Crippen molar-refractivity contribution in [1.82, 2.24) is 0 Å². The molecule has 2 aromatic carbocycles. The number of hydrogen-bond donors (Lipinski definition) is 0. The summed E-state index contributed by atoms with van der Waals surface area (Å²) in [4.78, 5) is 12.4. The molecular weight excluding hydrogens is 286 g/mol. The molecule has 0 fully saturated rings. The molecule has 0 spiro atoms. The Labute approximate surface area is 121 Å². The van der Waals surface area contributed by atoms with Crippen LogP contribution >= 0.6 is 23.2 Å². The Kier molecular flexibility index (Phi) is 3.93. The Hall–Kier alpha value is -1.38. The van der Waals surface area contributed by atoms with Crippen molar-refractivity contribution in [2.45, 2.75) is 13.8 Å². The third-order valence-corrected chi connectivity index (χ3v) is 3.65. The zero-order valence-corrected chi connectivity index (χ0v) is 11.9. The molecule has 0 unspecified atom stereocenters. The minimum atomic E-state index is -0.467. The standard InChI is InChI=1S/C15H11Cl2FO/c1-8-6-13(16)9(2)5-12(8)15(19)11-4-3-10(18)7-14(11)17/h3-7H,1-2H3. The van der Waals surface area contributed by atoms with Crippen molar-refractivity contribution in [1.29, 1.82) is 0 Å². The summed E-state index contributed by atoms with van der Waals surface area (Å²) in [6.45, 7) is 3.63. The van der Waals surface area contributed by atoms with Crippen molar-refractivity contribution >= 4 is 29.0 Å². The van der Waals surface area contributed by atoms with Gasteiger partial charge in [0.2, 0.25) is 0 Å². The molecule has 0 aliphatic rings. The molecule has 0 aromatic heterocycles. The van der Waals surface area contributed by atoms with Crippen LogP contribution < -0.4 is 0 Å². The van der Waals surface area contributed by atoms with E-state index in [9.17, 15) is 9.18 Å². The number of carbonyl (C=O) groups is 1. The van der Waals surface area contributed by atoms with Crippen LogP contribution in [-0.4, -0.2) is 5.78 Å². The molecule has 19 heavy (non-hydrogen) atoms. The van der Waals surface area contributed by atoms with Gasteiger partial charge in [0, 0.05) is 16.1 Å². The zero-order valence-electron chi connectivity index (χ0n) is 10.4. The Morgan fingerprint density at radius 3 is 2.26 bits per heavy atom. The monoisotopic (exact) mass is 296 g/mol. The summed E-state index contributed by atoms with van der Waals surface area (Å²) in [6, 6.07) is 7.20. The van der Waals surface area contributed by atoms with Gasteiger partial charge in [0.05, 0.1) is 5.02 Å². The molecule has 0 amide bonds. The van der Waals surface area contributed by atoms with Gasteiger partial charge < -0.3 is 0 Å². The Bertz CT molecular complexity index is 665. The van der Waals surface area contributed by atoms with Crippen LogP contribution in [0.5, 0.6) is 0 Å². The van der Waals surface area contributed by atoms with Gasteiger partial charge in [-0.25, -0.2) is 4.39 Å². The summed E-state index contributed by atoms with van der Waals surface area (Å²) >= 11 is 11.9. The zero-order chi connectivity index (χ0) is 14.2. The Balaban J connectivity index is 2.53. The lowest BCUT2D eigenvalue weighted by Crippen LogP contribution is -2.05. The largest absolute Gasteiger partial charge is 0.289 e. The highest BCUT2D eigenvalue weighted by Gasteiger charge is 2.16. The van der Waals surface area contributed by atoms with Crippen LogP contribution in [0.2, 0.25) is 10.0 Å². The third kappa shape index (κ3) is 2.80. The predicted molar refractivity (Wildman–Crippen MR) is 75.8 cm³/mol. The van der Waals surface area contributed by atoms with E-state index in [0.29, 0.717) is 10.6 Å². The average Bonchev–Trinajstić information content (AvgIpc) is 2.33. The van der Waals surface area contributed by atoms with Crippen molar-refractivity contribution in [2.24, 2.45) is 0 Å². The number of hydrogen-bond acceptors (Lipinski definition) is 1. The lowest BCUT2D eigenvalue weighted by Gasteiger charge is -2.09. The van der Waals surface area contributed by atoms with E-state index in [-0.39, 0.29) is 16.4 Å². The smallest absolute Gasteiger partial charge is 0.194 e. The molecule has 2 aromatic rings. The summed E-state index contributed by atoms with van der Waals surface area (Å²) in [5, 5.41) is 0.719. The van der Waals surface area contributed by atoms with Crippen LogP contribution in [0.15, 0.2) is 30.3 Å². The van der Waals surface area contributed by atoms with Crippen molar-refractivity contribution in [3.8, 4) is 0 Å². The van der Waals surface area contributed by atoms with E-state index in [2.05, 4.69) is 0 Å². The molecule has 98 valence electrons. The van der Waals surface area contributed by atoms with Gasteiger partial charge in [-0.05, 0) is 55.3 Å². The molecule has 0 radical (unpaired) electrons. The second-order valence-electron chi connectivity index (χ2n) is 4.37. The number of ketones is 1. The number of rotatable bonds is 2. The maximum Gasteiger partial charge on any atom is 0.194 e. The van der Waals surface area contributed by atoms with Crippen LogP contribution in [0, 0.1) is 19.7 Å². The average molecular weight is 297 g/mol. The van der Waals surface area contributed by atoms with Crippen molar-refractivity contribution in [2.75, 3.05) is 0 Å². The molecule has 0 bridgehead atoms. The molecule has 0 saturated heterocycles. The van der Waals surface area contributed by atoms with Gasteiger partial charge in [0.15, 0.2) is 5.78 Å². The normalized spacial score (nSPS) is 10.6. The van der Waals surface area contributed by atoms with E-state index in [1.54, 1.807) is 19.1 Å². The fourth-order valence-corrected chi connectivity index (χ4v) is 2.32. The SMILES string of the molecule is Cc1cc(C(=O)c2ccc(F)cc2Cl)c(C)cc1Cl. The second-order valence-corrected chi connectivity index (χ2v) is 5.18. The van der Waals surface area contributed by atoms with Gasteiger partial charge in [-0.1, -0.05) is 23.2 Å². The van der Waals surface area contributed by atoms with Gasteiger partial charge in [-0.3, -0.25) is 4.79 Å². The van der Waals surface area contributed by atoms with Gasteiger partial charge >= 0.3 is 0 Å². The maximum absolute atomic E-state index is 13.0. The lowest BCUT2D eigenvalue weighted by molar-refractivity contribution is 0.103. The third-order valence-electron chi connectivity index (χ3n) is 2.93. The number of halogens is 3. The predicted octanol–water partition coefficient (Wildman–Crippen LogP) is 4.98. The molecule has 0 aliphatic carbocycles. The first-order chi connectivity index (χ1) is 8.90. The summed E-state index contributed by atoms with van der Waals surface area (Å²) in [6.07, 6.45) is 0. The number of benzene rings is 2. The van der Waals surface area contributed by atoms with Crippen molar-refractivity contribution < 1.29 is 9.18 Å². The van der Waals surface area contributed by atoms with Gasteiger partial charge in [0.1, 0.15) is 5.82 Å². The van der Waals surface area contributed by atoms with Gasteiger partial charge in [-0.2, -0.15) is 0 Å².